The van der Waals surface area contributed by atoms with Crippen molar-refractivity contribution in [2.75, 3.05) is 17.7 Å². The summed E-state index contributed by atoms with van der Waals surface area (Å²) >= 11 is 6.23. The third kappa shape index (κ3) is 8.79. The minimum atomic E-state index is -0.762. The second-order valence-corrected chi connectivity index (χ2v) is 12.6. The number of carbonyl (C=O) groups is 3. The van der Waals surface area contributed by atoms with Crippen molar-refractivity contribution in [2.45, 2.75) is 64.1 Å². The highest BCUT2D eigenvalue weighted by Crippen LogP contribution is 2.35. The molecule has 2 unspecified atom stereocenters. The normalized spacial score (nSPS) is 16.2. The van der Waals surface area contributed by atoms with Crippen LogP contribution in [-0.4, -0.2) is 66.9 Å². The molecule has 1 aliphatic heterocycles. The fourth-order valence-electron chi connectivity index (χ4n) is 5.27. The molecule has 254 valence electrons. The number of fused-ring (bicyclic) bond motifs is 4. The van der Waals surface area contributed by atoms with Crippen LogP contribution in [-0.2, 0) is 19.1 Å². The van der Waals surface area contributed by atoms with Crippen molar-refractivity contribution < 1.29 is 23.9 Å². The number of imidazole rings is 1. The van der Waals surface area contributed by atoms with Crippen LogP contribution in [0.3, 0.4) is 0 Å². The van der Waals surface area contributed by atoms with Crippen molar-refractivity contribution in [2.24, 2.45) is 0 Å². The molecule has 15 nitrogen and oxygen atoms in total. The largest absolute Gasteiger partial charge is 0.458 e. The van der Waals surface area contributed by atoms with E-state index < -0.39 is 35.7 Å². The summed E-state index contributed by atoms with van der Waals surface area (Å²) in [5.41, 5.74) is 2.31. The number of esters is 1. The Morgan fingerprint density at radius 1 is 1.14 bits per heavy atom. The monoisotopic (exact) mass is 686 g/mol. The van der Waals surface area contributed by atoms with E-state index in [4.69, 9.17) is 21.1 Å². The van der Waals surface area contributed by atoms with Crippen molar-refractivity contribution >= 4 is 47.0 Å². The summed E-state index contributed by atoms with van der Waals surface area (Å²) in [7, 11) is 1.25. The van der Waals surface area contributed by atoms with E-state index in [-0.39, 0.29) is 5.69 Å². The number of hydrogen-bond donors (Lipinski definition) is 4. The number of nitriles is 1. The van der Waals surface area contributed by atoms with Crippen molar-refractivity contribution in [1.29, 1.82) is 5.26 Å². The van der Waals surface area contributed by atoms with Gasteiger partial charge in [0.2, 0.25) is 5.91 Å². The Balaban J connectivity index is 1.49. The molecule has 4 aromatic rings. The fraction of sp³-hybridized carbons (Fsp3) is 0.333. The van der Waals surface area contributed by atoms with Crippen molar-refractivity contribution in [1.82, 2.24) is 35.5 Å². The maximum absolute atomic E-state index is 13.4. The lowest BCUT2D eigenvalue weighted by atomic mass is 10.0. The number of ether oxygens (including phenoxy) is 2. The van der Waals surface area contributed by atoms with E-state index in [9.17, 15) is 19.6 Å². The molecule has 2 aromatic heterocycles. The number of nitrogens with one attached hydrogen (secondary N) is 4. The minimum absolute atomic E-state index is 0.0830. The van der Waals surface area contributed by atoms with Crippen molar-refractivity contribution in [3.05, 3.63) is 70.9 Å². The highest BCUT2D eigenvalue weighted by molar-refractivity contribution is 6.30. The number of aromatic amines is 1. The smallest absolute Gasteiger partial charge is 0.411 e. The molecule has 49 heavy (non-hydrogen) atoms. The first-order valence-electron chi connectivity index (χ1n) is 15.4. The lowest BCUT2D eigenvalue weighted by molar-refractivity contribution is -0.156. The van der Waals surface area contributed by atoms with Gasteiger partial charge in [0.1, 0.15) is 29.9 Å². The van der Waals surface area contributed by atoms with Crippen molar-refractivity contribution in [3.8, 4) is 23.0 Å². The molecule has 0 saturated carbocycles. The van der Waals surface area contributed by atoms with Gasteiger partial charge in [-0.2, -0.15) is 9.94 Å². The zero-order chi connectivity index (χ0) is 35.1. The number of rotatable bonds is 6. The minimum Gasteiger partial charge on any atom is -0.458 e. The Morgan fingerprint density at radius 3 is 2.65 bits per heavy atom. The number of tetrazole rings is 1. The molecule has 2 aromatic carbocycles. The predicted molar refractivity (Wildman–Crippen MR) is 181 cm³/mol. The fourth-order valence-corrected chi connectivity index (χ4v) is 5.45. The molecule has 2 atom stereocenters. The summed E-state index contributed by atoms with van der Waals surface area (Å²) < 4.78 is 11.9. The summed E-state index contributed by atoms with van der Waals surface area (Å²) in [4.78, 5) is 46.5. The van der Waals surface area contributed by atoms with E-state index >= 15 is 0 Å². The summed E-state index contributed by atoms with van der Waals surface area (Å²) in [6, 6.07) is 10.9. The Morgan fingerprint density at radius 2 is 1.94 bits per heavy atom. The summed E-state index contributed by atoms with van der Waals surface area (Å²) in [5, 5.41) is 30.8. The molecule has 4 N–H and O–H groups in total. The van der Waals surface area contributed by atoms with Gasteiger partial charge in [0, 0.05) is 33.6 Å². The number of aromatic nitrogens is 6. The van der Waals surface area contributed by atoms with Gasteiger partial charge in [0.25, 0.3) is 0 Å². The molecule has 1 aliphatic rings. The quantitative estimate of drug-likeness (QED) is 0.151. The zero-order valence-electron chi connectivity index (χ0n) is 27.3. The number of carbonyl (C=O) groups excluding carboxylic acids is 3. The lowest BCUT2D eigenvalue weighted by Crippen LogP contribution is -2.37. The van der Waals surface area contributed by atoms with Crippen LogP contribution in [0.1, 0.15) is 69.6 Å². The lowest BCUT2D eigenvalue weighted by Gasteiger charge is -2.26. The number of methoxy groups -OCH3 is 1. The van der Waals surface area contributed by atoms with Crippen LogP contribution in [0.4, 0.5) is 16.2 Å². The average molecular weight is 687 g/mol. The first-order valence-corrected chi connectivity index (χ1v) is 15.8. The van der Waals surface area contributed by atoms with Gasteiger partial charge in [-0.3, -0.25) is 10.1 Å². The van der Waals surface area contributed by atoms with E-state index in [2.05, 4.69) is 47.5 Å². The van der Waals surface area contributed by atoms with E-state index in [1.165, 1.54) is 24.2 Å². The highest BCUT2D eigenvalue weighted by Gasteiger charge is 2.29. The molecular formula is C33H35ClN10O5. The van der Waals surface area contributed by atoms with Crippen LogP contribution >= 0.6 is 11.6 Å². The van der Waals surface area contributed by atoms with E-state index in [1.807, 2.05) is 0 Å². The van der Waals surface area contributed by atoms with Gasteiger partial charge in [-0.15, -0.1) is 5.10 Å². The molecule has 0 fully saturated rings. The Bertz CT molecular complexity index is 1910. The molecule has 0 aliphatic carbocycles. The van der Waals surface area contributed by atoms with Gasteiger partial charge < -0.3 is 25.1 Å². The van der Waals surface area contributed by atoms with Gasteiger partial charge in [0.15, 0.2) is 5.69 Å². The van der Waals surface area contributed by atoms with Crippen LogP contribution < -0.4 is 16.0 Å². The Labute approximate surface area is 287 Å². The Kier molecular flexibility index (Phi) is 10.6. The predicted octanol–water partition coefficient (Wildman–Crippen LogP) is 5.32. The number of anilines is 2. The first-order chi connectivity index (χ1) is 23.4. The molecule has 0 saturated heterocycles. The average Bonchev–Trinajstić information content (AvgIpc) is 3.74. The van der Waals surface area contributed by atoms with Crippen LogP contribution in [0.2, 0.25) is 5.02 Å². The Hall–Kier alpha value is -5.75. The maximum Gasteiger partial charge on any atom is 0.411 e. The molecule has 0 spiro atoms. The second-order valence-electron chi connectivity index (χ2n) is 12.2. The summed E-state index contributed by atoms with van der Waals surface area (Å²) in [6.45, 7) is 5.37. The summed E-state index contributed by atoms with van der Waals surface area (Å²) in [5.74, 6) is -0.481. The topological polar surface area (TPSA) is 202 Å². The number of benzene rings is 2. The highest BCUT2D eigenvalue weighted by atomic mass is 35.5. The standard InChI is InChI=1S/C33H35ClN10O5/c1-33(2,3)49-31(46)24-8-6-5-7-23(39-28(45)14-9-19-15-20(34)10-13-27(19)44-18-36-42-43-44)30-40-26(17-35)29(41-30)22-12-11-21(16-25(22)38-24)37-32(47)48-4/h9-16,18,23-24,38H,5-8H2,1-4H3,(H,37,47)(H,39,45)(H,40,41)/b14-9+. The van der Waals surface area contributed by atoms with Gasteiger partial charge >= 0.3 is 12.1 Å². The number of amides is 2. The van der Waals surface area contributed by atoms with Gasteiger partial charge in [0.05, 0.1) is 24.5 Å². The van der Waals surface area contributed by atoms with Crippen LogP contribution in [0, 0.1) is 11.3 Å². The number of halogens is 1. The third-order valence-electron chi connectivity index (χ3n) is 7.45. The van der Waals surface area contributed by atoms with E-state index in [0.29, 0.717) is 70.4 Å². The molecule has 5 rings (SSSR count). The molecule has 3 heterocycles. The third-order valence-corrected chi connectivity index (χ3v) is 7.69. The van der Waals surface area contributed by atoms with Crippen molar-refractivity contribution in [3.63, 3.8) is 0 Å². The molecule has 0 radical (unpaired) electrons. The zero-order valence-corrected chi connectivity index (χ0v) is 28.0. The molecule has 16 heteroatoms. The second kappa shape index (κ2) is 15.0. The molecular weight excluding hydrogens is 652 g/mol. The number of hydrogen-bond acceptors (Lipinski definition) is 11. The molecule has 2 amide bonds. The number of nitrogens with zero attached hydrogens (tertiary/aromatic N) is 6. The number of H-pyrrole nitrogens is 1. The van der Waals surface area contributed by atoms with Crippen LogP contribution in [0.15, 0.2) is 48.8 Å². The SMILES string of the molecule is COC(=O)Nc1ccc2c(c1)NC(C(=O)OC(C)(C)C)CCCCC(NC(=O)/C=C/c1cc(Cl)ccc1-n1cnnn1)c1nc(C#N)c-2[nH]1. The van der Waals surface area contributed by atoms with E-state index in [0.717, 1.165) is 0 Å². The van der Waals surface area contributed by atoms with Gasteiger partial charge in [-0.1, -0.05) is 24.4 Å². The van der Waals surface area contributed by atoms with Gasteiger partial charge in [-0.05, 0) is 86.5 Å². The van der Waals surface area contributed by atoms with Gasteiger partial charge in [-0.25, -0.2) is 14.6 Å². The summed E-state index contributed by atoms with van der Waals surface area (Å²) in [6.07, 6.45) is 5.79. The maximum atomic E-state index is 13.4. The van der Waals surface area contributed by atoms with Crippen LogP contribution in [0.25, 0.3) is 23.0 Å². The van der Waals surface area contributed by atoms with E-state index in [1.54, 1.807) is 63.2 Å². The molecule has 2 bridgehead atoms. The first kappa shape index (κ1) is 34.6. The van der Waals surface area contributed by atoms with Crippen LogP contribution in [0.5, 0.6) is 0 Å².